The molecule has 2 atom stereocenters. The van der Waals surface area contributed by atoms with Crippen LogP contribution in [-0.4, -0.2) is 34.6 Å². The van der Waals surface area contributed by atoms with Gasteiger partial charge in [-0.1, -0.05) is 5.16 Å². The molecule has 5 heteroatoms. The summed E-state index contributed by atoms with van der Waals surface area (Å²) in [6.07, 6.45) is 3.16. The Hall–Kier alpha value is -1.36. The van der Waals surface area contributed by atoms with E-state index in [1.807, 2.05) is 11.8 Å². The zero-order valence-electron chi connectivity index (χ0n) is 11.3. The second kappa shape index (κ2) is 5.10. The van der Waals surface area contributed by atoms with Gasteiger partial charge in [-0.2, -0.15) is 0 Å². The van der Waals surface area contributed by atoms with Crippen molar-refractivity contribution < 1.29 is 9.32 Å². The summed E-state index contributed by atoms with van der Waals surface area (Å²) < 4.78 is 5.07. The van der Waals surface area contributed by atoms with Gasteiger partial charge in [-0.25, -0.2) is 0 Å². The number of hydrogen-bond donors (Lipinski definition) is 1. The Kier molecular flexibility index (Phi) is 3.71. The van der Waals surface area contributed by atoms with E-state index in [9.17, 15) is 4.79 Å². The van der Waals surface area contributed by atoms with Crippen LogP contribution in [0.5, 0.6) is 0 Å². The van der Waals surface area contributed by atoms with Gasteiger partial charge in [-0.15, -0.1) is 0 Å². The first kappa shape index (κ1) is 13.1. The van der Waals surface area contributed by atoms with Gasteiger partial charge >= 0.3 is 0 Å². The summed E-state index contributed by atoms with van der Waals surface area (Å²) in [6.45, 7) is 6.31. The van der Waals surface area contributed by atoms with Gasteiger partial charge in [0.05, 0.1) is 5.69 Å². The van der Waals surface area contributed by atoms with Crippen LogP contribution in [0.25, 0.3) is 0 Å². The van der Waals surface area contributed by atoms with Crippen LogP contribution in [-0.2, 0) is 0 Å². The fraction of sp³-hybridized carbons (Fsp3) is 0.692. The third kappa shape index (κ3) is 2.27. The number of aromatic nitrogens is 1. The van der Waals surface area contributed by atoms with Crippen LogP contribution in [0.4, 0.5) is 0 Å². The van der Waals surface area contributed by atoms with E-state index in [0.29, 0.717) is 17.0 Å². The fourth-order valence-corrected chi connectivity index (χ4v) is 2.69. The van der Waals surface area contributed by atoms with Crippen LogP contribution >= 0.6 is 0 Å². The summed E-state index contributed by atoms with van der Waals surface area (Å²) in [4.78, 5) is 14.5. The largest absolute Gasteiger partial charge is 0.361 e. The Bertz CT molecular complexity index is 420. The van der Waals surface area contributed by atoms with Crippen molar-refractivity contribution in [2.24, 2.45) is 5.73 Å². The molecule has 1 saturated heterocycles. The second-order valence-corrected chi connectivity index (χ2v) is 5.12. The highest BCUT2D eigenvalue weighted by molar-refractivity contribution is 5.96. The molecule has 2 heterocycles. The molecule has 18 heavy (non-hydrogen) atoms. The Balaban J connectivity index is 2.26. The van der Waals surface area contributed by atoms with Gasteiger partial charge in [0.15, 0.2) is 0 Å². The lowest BCUT2D eigenvalue weighted by molar-refractivity contribution is 0.0581. The molecule has 0 aliphatic carbocycles. The predicted octanol–water partition coefficient (Wildman–Crippen LogP) is 1.63. The van der Waals surface area contributed by atoms with E-state index in [4.69, 9.17) is 10.3 Å². The number of piperidine rings is 1. The standard InChI is InChI=1S/C13H21N3O2/c1-8(14)11-6-4-5-7-16(11)13(17)12-9(2)15-18-10(12)3/h8,11H,4-7,14H2,1-3H3. The zero-order valence-corrected chi connectivity index (χ0v) is 11.3. The molecule has 1 aliphatic heterocycles. The third-order valence-electron chi connectivity index (χ3n) is 3.66. The number of likely N-dealkylation sites (tertiary alicyclic amines) is 1. The number of amides is 1. The summed E-state index contributed by atoms with van der Waals surface area (Å²) in [7, 11) is 0. The molecule has 1 aromatic heterocycles. The number of hydrogen-bond acceptors (Lipinski definition) is 4. The molecule has 0 saturated carbocycles. The first-order valence-corrected chi connectivity index (χ1v) is 6.51. The summed E-state index contributed by atoms with van der Waals surface area (Å²) in [5.41, 5.74) is 7.25. The first-order valence-electron chi connectivity index (χ1n) is 6.51. The molecule has 2 unspecified atom stereocenters. The molecule has 0 aromatic carbocycles. The molecule has 1 amide bonds. The molecule has 1 aliphatic rings. The highest BCUT2D eigenvalue weighted by atomic mass is 16.5. The van der Waals surface area contributed by atoms with Crippen molar-refractivity contribution in [1.82, 2.24) is 10.1 Å². The first-order chi connectivity index (χ1) is 8.52. The summed E-state index contributed by atoms with van der Waals surface area (Å²) in [5.74, 6) is 0.597. The number of nitrogens with two attached hydrogens (primary N) is 1. The van der Waals surface area contributed by atoms with Crippen molar-refractivity contribution in [2.45, 2.75) is 52.1 Å². The van der Waals surface area contributed by atoms with Crippen LogP contribution in [0.2, 0.25) is 0 Å². The van der Waals surface area contributed by atoms with Gasteiger partial charge < -0.3 is 15.2 Å². The van der Waals surface area contributed by atoms with Gasteiger partial charge in [-0.3, -0.25) is 4.79 Å². The fourth-order valence-electron chi connectivity index (χ4n) is 2.69. The minimum atomic E-state index is -0.00489. The molecule has 2 rings (SSSR count). The van der Waals surface area contributed by atoms with Crippen molar-refractivity contribution in [1.29, 1.82) is 0 Å². The number of carbonyl (C=O) groups excluding carboxylic acids is 1. The minimum Gasteiger partial charge on any atom is -0.361 e. The maximum Gasteiger partial charge on any atom is 0.259 e. The van der Waals surface area contributed by atoms with E-state index in [1.54, 1.807) is 13.8 Å². The van der Waals surface area contributed by atoms with E-state index in [0.717, 1.165) is 25.8 Å². The Morgan fingerprint density at radius 3 is 2.78 bits per heavy atom. The van der Waals surface area contributed by atoms with Crippen LogP contribution in [0, 0.1) is 13.8 Å². The lowest BCUT2D eigenvalue weighted by Crippen LogP contribution is -2.51. The molecule has 1 aromatic rings. The number of rotatable bonds is 2. The monoisotopic (exact) mass is 251 g/mol. The average Bonchev–Trinajstić information content (AvgIpc) is 2.68. The molecule has 100 valence electrons. The molecule has 5 nitrogen and oxygen atoms in total. The summed E-state index contributed by atoms with van der Waals surface area (Å²) in [6, 6.07) is 0.120. The molecule has 1 fully saturated rings. The zero-order chi connectivity index (χ0) is 13.3. The van der Waals surface area contributed by atoms with Gasteiger partial charge in [0.2, 0.25) is 0 Å². The SMILES string of the molecule is Cc1noc(C)c1C(=O)N1CCCCC1C(C)N. The quantitative estimate of drug-likeness (QED) is 0.867. The normalized spacial score (nSPS) is 22.0. The lowest BCUT2D eigenvalue weighted by Gasteiger charge is -2.38. The van der Waals surface area contributed by atoms with Gasteiger partial charge in [-0.05, 0) is 40.0 Å². The van der Waals surface area contributed by atoms with Crippen molar-refractivity contribution >= 4 is 5.91 Å². The molecule has 0 radical (unpaired) electrons. The van der Waals surface area contributed by atoms with E-state index in [1.165, 1.54) is 0 Å². The van der Waals surface area contributed by atoms with Crippen molar-refractivity contribution in [3.05, 3.63) is 17.0 Å². The highest BCUT2D eigenvalue weighted by Gasteiger charge is 2.32. The van der Waals surface area contributed by atoms with E-state index in [2.05, 4.69) is 5.16 Å². The highest BCUT2D eigenvalue weighted by Crippen LogP contribution is 2.23. The predicted molar refractivity (Wildman–Crippen MR) is 68.3 cm³/mol. The topological polar surface area (TPSA) is 72.4 Å². The number of aryl methyl sites for hydroxylation is 2. The second-order valence-electron chi connectivity index (χ2n) is 5.12. The number of carbonyl (C=O) groups is 1. The Labute approximate surface area is 107 Å². The third-order valence-corrected chi connectivity index (χ3v) is 3.66. The summed E-state index contributed by atoms with van der Waals surface area (Å²) >= 11 is 0. The number of nitrogens with zero attached hydrogens (tertiary/aromatic N) is 2. The van der Waals surface area contributed by atoms with Crippen LogP contribution < -0.4 is 5.73 Å². The molecular weight excluding hydrogens is 230 g/mol. The van der Waals surface area contributed by atoms with Crippen molar-refractivity contribution in [2.75, 3.05) is 6.54 Å². The minimum absolute atomic E-state index is 0.00489. The van der Waals surface area contributed by atoms with Gasteiger partial charge in [0.1, 0.15) is 11.3 Å². The van der Waals surface area contributed by atoms with E-state index >= 15 is 0 Å². The molecule has 2 N–H and O–H groups in total. The molecule has 0 spiro atoms. The Morgan fingerprint density at radius 2 is 2.22 bits per heavy atom. The van der Waals surface area contributed by atoms with Gasteiger partial charge in [0, 0.05) is 18.6 Å². The van der Waals surface area contributed by atoms with Crippen LogP contribution in [0.15, 0.2) is 4.52 Å². The Morgan fingerprint density at radius 1 is 1.50 bits per heavy atom. The summed E-state index contributed by atoms with van der Waals surface area (Å²) in [5, 5.41) is 3.85. The lowest BCUT2D eigenvalue weighted by atomic mass is 9.96. The maximum atomic E-state index is 12.6. The van der Waals surface area contributed by atoms with Crippen LogP contribution in [0.1, 0.15) is 48.0 Å². The van der Waals surface area contributed by atoms with E-state index < -0.39 is 0 Å². The average molecular weight is 251 g/mol. The smallest absolute Gasteiger partial charge is 0.259 e. The van der Waals surface area contributed by atoms with Crippen molar-refractivity contribution in [3.63, 3.8) is 0 Å². The molecular formula is C13H21N3O2. The van der Waals surface area contributed by atoms with Crippen molar-refractivity contribution in [3.8, 4) is 0 Å². The van der Waals surface area contributed by atoms with E-state index in [-0.39, 0.29) is 18.0 Å². The molecule has 0 bridgehead atoms. The van der Waals surface area contributed by atoms with Crippen LogP contribution in [0.3, 0.4) is 0 Å². The van der Waals surface area contributed by atoms with Gasteiger partial charge in [0.25, 0.3) is 5.91 Å². The maximum absolute atomic E-state index is 12.6.